The zero-order valence-corrected chi connectivity index (χ0v) is 8.83. The van der Waals surface area contributed by atoms with Crippen LogP contribution < -0.4 is 0 Å². The van der Waals surface area contributed by atoms with E-state index < -0.39 is 17.5 Å². The highest BCUT2D eigenvalue weighted by atomic mass is 19.3. The van der Waals surface area contributed by atoms with E-state index in [9.17, 15) is 18.7 Å². The average molecular weight is 235 g/mol. The normalized spacial score (nSPS) is 36.1. The molecule has 2 N–H and O–H groups in total. The number of nitrogens with zero attached hydrogens (tertiary/aromatic N) is 1. The molecule has 2 atom stereocenters. The molecule has 2 fully saturated rings. The number of aliphatic carboxylic acids is 1. The summed E-state index contributed by atoms with van der Waals surface area (Å²) < 4.78 is 26.8. The van der Waals surface area contributed by atoms with Gasteiger partial charge in [0.05, 0.1) is 0 Å². The van der Waals surface area contributed by atoms with Gasteiger partial charge in [-0.15, -0.1) is 0 Å². The highest BCUT2D eigenvalue weighted by Crippen LogP contribution is 2.42. The van der Waals surface area contributed by atoms with Crippen molar-refractivity contribution in [3.05, 3.63) is 0 Å². The van der Waals surface area contributed by atoms with Gasteiger partial charge < -0.3 is 15.1 Å². The van der Waals surface area contributed by atoms with Gasteiger partial charge in [-0.05, 0) is 32.2 Å². The van der Waals surface area contributed by atoms with Crippen molar-refractivity contribution in [3.8, 4) is 0 Å². The third kappa shape index (κ3) is 1.60. The first-order valence-electron chi connectivity index (χ1n) is 5.44. The molecule has 2 saturated heterocycles. The van der Waals surface area contributed by atoms with Gasteiger partial charge in [0, 0.05) is 12.6 Å². The zero-order chi connectivity index (χ0) is 12.0. The van der Waals surface area contributed by atoms with Crippen LogP contribution in [-0.4, -0.2) is 51.7 Å². The van der Waals surface area contributed by atoms with Crippen LogP contribution in [0.2, 0.25) is 0 Å². The van der Waals surface area contributed by atoms with E-state index in [4.69, 9.17) is 5.11 Å². The molecule has 0 aromatic heterocycles. The van der Waals surface area contributed by atoms with Crippen molar-refractivity contribution in [3.63, 3.8) is 0 Å². The standard InChI is InChI=1S/C10H15F2NO3/c11-10(12,8(14)15)9(16)3-5-13-4-1-2-7(13)6-9/h7,16H,1-6H2,(H,14,15). The second kappa shape index (κ2) is 3.63. The fourth-order valence-corrected chi connectivity index (χ4v) is 2.73. The Hall–Kier alpha value is -0.750. The predicted octanol–water partition coefficient (Wildman–Crippen LogP) is 0.696. The van der Waals surface area contributed by atoms with Gasteiger partial charge in [0.25, 0.3) is 0 Å². The highest BCUT2D eigenvalue weighted by molar-refractivity contribution is 5.77. The van der Waals surface area contributed by atoms with Crippen molar-refractivity contribution in [2.24, 2.45) is 0 Å². The van der Waals surface area contributed by atoms with Crippen LogP contribution in [0.15, 0.2) is 0 Å². The van der Waals surface area contributed by atoms with Crippen LogP contribution in [0.5, 0.6) is 0 Å². The maximum atomic E-state index is 13.4. The van der Waals surface area contributed by atoms with E-state index in [1.165, 1.54) is 0 Å². The summed E-state index contributed by atoms with van der Waals surface area (Å²) in [7, 11) is 0. The van der Waals surface area contributed by atoms with E-state index in [2.05, 4.69) is 0 Å². The molecule has 0 amide bonds. The maximum Gasteiger partial charge on any atom is 0.377 e. The number of carboxylic acids is 1. The van der Waals surface area contributed by atoms with Crippen LogP contribution >= 0.6 is 0 Å². The van der Waals surface area contributed by atoms with Crippen molar-refractivity contribution < 1.29 is 23.8 Å². The number of hydrogen-bond acceptors (Lipinski definition) is 3. The number of carbonyl (C=O) groups is 1. The van der Waals surface area contributed by atoms with E-state index in [0.717, 1.165) is 19.4 Å². The molecule has 0 bridgehead atoms. The Kier molecular flexibility index (Phi) is 2.66. The Morgan fingerprint density at radius 1 is 1.44 bits per heavy atom. The Morgan fingerprint density at radius 3 is 2.75 bits per heavy atom. The fraction of sp³-hybridized carbons (Fsp3) is 0.900. The molecule has 0 radical (unpaired) electrons. The van der Waals surface area contributed by atoms with Gasteiger partial charge >= 0.3 is 11.9 Å². The van der Waals surface area contributed by atoms with Gasteiger partial charge in [0.2, 0.25) is 0 Å². The van der Waals surface area contributed by atoms with E-state index in [0.29, 0.717) is 6.54 Å². The number of fused-ring (bicyclic) bond motifs is 1. The second-order valence-electron chi connectivity index (χ2n) is 4.70. The second-order valence-corrected chi connectivity index (χ2v) is 4.70. The molecule has 2 heterocycles. The quantitative estimate of drug-likeness (QED) is 0.739. The number of carboxylic acid groups (broad SMARTS) is 1. The van der Waals surface area contributed by atoms with Crippen LogP contribution in [0.25, 0.3) is 0 Å². The Bertz CT molecular complexity index is 310. The number of halogens is 2. The lowest BCUT2D eigenvalue weighted by Crippen LogP contribution is -2.60. The molecular formula is C10H15F2NO3. The summed E-state index contributed by atoms with van der Waals surface area (Å²) in [5.74, 6) is -6.29. The summed E-state index contributed by atoms with van der Waals surface area (Å²) in [6.45, 7) is 1.21. The van der Waals surface area contributed by atoms with Gasteiger partial charge in [-0.2, -0.15) is 8.78 Å². The molecule has 0 spiro atoms. The van der Waals surface area contributed by atoms with Crippen molar-refractivity contribution >= 4 is 5.97 Å². The van der Waals surface area contributed by atoms with Gasteiger partial charge in [-0.25, -0.2) is 4.79 Å². The van der Waals surface area contributed by atoms with Crippen LogP contribution in [0.4, 0.5) is 8.78 Å². The summed E-state index contributed by atoms with van der Waals surface area (Å²) in [6, 6.07) is -0.0935. The number of piperidine rings is 1. The van der Waals surface area contributed by atoms with Gasteiger partial charge in [0.1, 0.15) is 5.60 Å². The van der Waals surface area contributed by atoms with Gasteiger partial charge in [-0.1, -0.05) is 0 Å². The summed E-state index contributed by atoms with van der Waals surface area (Å²) in [4.78, 5) is 12.5. The van der Waals surface area contributed by atoms with Crippen LogP contribution in [0.1, 0.15) is 25.7 Å². The number of aliphatic hydroxyl groups is 1. The molecule has 0 aliphatic carbocycles. The Morgan fingerprint density at radius 2 is 2.12 bits per heavy atom. The smallest absolute Gasteiger partial charge is 0.377 e. The fourth-order valence-electron chi connectivity index (χ4n) is 2.73. The summed E-state index contributed by atoms with van der Waals surface area (Å²) >= 11 is 0. The van der Waals surface area contributed by atoms with Crippen molar-refractivity contribution in [2.75, 3.05) is 13.1 Å². The lowest BCUT2D eigenvalue weighted by Gasteiger charge is -2.42. The molecule has 0 saturated carbocycles. The number of alkyl halides is 2. The molecule has 2 rings (SSSR count). The minimum atomic E-state index is -4.05. The molecule has 2 aliphatic rings. The molecule has 6 heteroatoms. The number of hydrogen-bond donors (Lipinski definition) is 2. The molecule has 2 aliphatic heterocycles. The first-order valence-corrected chi connectivity index (χ1v) is 5.44. The third-order valence-electron chi connectivity index (χ3n) is 3.74. The van der Waals surface area contributed by atoms with Crippen LogP contribution in [0.3, 0.4) is 0 Å². The number of rotatable bonds is 2. The molecular weight excluding hydrogens is 220 g/mol. The topological polar surface area (TPSA) is 60.8 Å². The third-order valence-corrected chi connectivity index (χ3v) is 3.74. The van der Waals surface area contributed by atoms with Crippen molar-refractivity contribution in [1.29, 1.82) is 0 Å². The molecule has 2 unspecified atom stereocenters. The average Bonchev–Trinajstić information content (AvgIpc) is 2.63. The van der Waals surface area contributed by atoms with Crippen LogP contribution in [0, 0.1) is 0 Å². The van der Waals surface area contributed by atoms with Crippen molar-refractivity contribution in [2.45, 2.75) is 43.2 Å². The SMILES string of the molecule is O=C(O)C(F)(F)C1(O)CCN2CCCC2C1. The van der Waals surface area contributed by atoms with E-state index >= 15 is 0 Å². The molecule has 0 aromatic rings. The summed E-state index contributed by atoms with van der Waals surface area (Å²) in [6.07, 6.45) is 1.37. The minimum Gasteiger partial charge on any atom is -0.477 e. The first kappa shape index (κ1) is 11.7. The highest BCUT2D eigenvalue weighted by Gasteiger charge is 2.61. The first-order chi connectivity index (χ1) is 7.37. The van der Waals surface area contributed by atoms with Crippen molar-refractivity contribution in [1.82, 2.24) is 4.90 Å². The van der Waals surface area contributed by atoms with E-state index in [-0.39, 0.29) is 18.9 Å². The van der Waals surface area contributed by atoms with Gasteiger partial charge in [0.15, 0.2) is 0 Å². The minimum absolute atomic E-state index is 0.0935. The lowest BCUT2D eigenvalue weighted by atomic mass is 9.81. The Labute approximate surface area is 91.9 Å². The zero-order valence-electron chi connectivity index (χ0n) is 8.83. The summed E-state index contributed by atoms with van der Waals surface area (Å²) in [5, 5.41) is 18.3. The van der Waals surface area contributed by atoms with Gasteiger partial charge in [-0.3, -0.25) is 0 Å². The predicted molar refractivity (Wildman–Crippen MR) is 51.4 cm³/mol. The molecule has 16 heavy (non-hydrogen) atoms. The lowest BCUT2D eigenvalue weighted by molar-refractivity contribution is -0.221. The largest absolute Gasteiger partial charge is 0.477 e. The maximum absolute atomic E-state index is 13.4. The Balaban J connectivity index is 2.17. The van der Waals surface area contributed by atoms with E-state index in [1.807, 2.05) is 4.90 Å². The summed E-state index contributed by atoms with van der Waals surface area (Å²) in [5.41, 5.74) is -2.38. The molecule has 92 valence electrons. The molecule has 0 aromatic carbocycles. The molecule has 4 nitrogen and oxygen atoms in total. The monoisotopic (exact) mass is 235 g/mol. The van der Waals surface area contributed by atoms with Crippen LogP contribution in [-0.2, 0) is 4.79 Å². The van der Waals surface area contributed by atoms with E-state index in [1.54, 1.807) is 0 Å².